The number of rotatable bonds is 6. The molecule has 0 rings (SSSR count). The van der Waals surface area contributed by atoms with E-state index in [-0.39, 0.29) is 6.42 Å². The van der Waals surface area contributed by atoms with Gasteiger partial charge in [0.05, 0.1) is 18.9 Å². The van der Waals surface area contributed by atoms with Crippen LogP contribution in [0.4, 0.5) is 0 Å². The summed E-state index contributed by atoms with van der Waals surface area (Å²) in [5, 5.41) is 26.2. The van der Waals surface area contributed by atoms with E-state index in [4.69, 9.17) is 15.3 Å². The average molecular weight is 233 g/mol. The van der Waals surface area contributed by atoms with E-state index in [2.05, 4.69) is 0 Å². The summed E-state index contributed by atoms with van der Waals surface area (Å²) >= 11 is 0. The minimum Gasteiger partial charge on any atom is -0.481 e. The Labute approximate surface area is 92.3 Å². The van der Waals surface area contributed by atoms with Crippen LogP contribution >= 0.6 is 0 Å². The second kappa shape index (κ2) is 6.06. The van der Waals surface area contributed by atoms with Crippen molar-refractivity contribution in [1.82, 2.24) is 4.90 Å². The number of aliphatic carboxylic acids is 2. The van der Waals surface area contributed by atoms with Crippen LogP contribution in [-0.2, 0) is 14.4 Å². The summed E-state index contributed by atoms with van der Waals surface area (Å²) in [6, 6.07) is -1.41. The maximum atomic E-state index is 11.4. The molecule has 0 radical (unpaired) electrons. The molecule has 0 aromatic carbocycles. The van der Waals surface area contributed by atoms with Gasteiger partial charge in [0.2, 0.25) is 5.91 Å². The topological polar surface area (TPSA) is 115 Å². The fourth-order valence-corrected chi connectivity index (χ4v) is 1.13. The third-order valence-electron chi connectivity index (χ3n) is 1.98. The lowest BCUT2D eigenvalue weighted by Crippen LogP contribution is -2.44. The SMILES string of the molecule is CC(O)CC(=O)N(C)[C@@H](CC(=O)O)C(=O)O. The number of likely N-dealkylation sites (N-methyl/N-ethyl adjacent to an activating group) is 1. The maximum Gasteiger partial charge on any atom is 0.327 e. The van der Waals surface area contributed by atoms with Gasteiger partial charge in [0.15, 0.2) is 0 Å². The summed E-state index contributed by atoms with van der Waals surface area (Å²) in [7, 11) is 1.20. The normalized spacial score (nSPS) is 13.9. The lowest BCUT2D eigenvalue weighted by atomic mass is 10.1. The van der Waals surface area contributed by atoms with Gasteiger partial charge < -0.3 is 20.2 Å². The quantitative estimate of drug-likeness (QED) is 0.550. The van der Waals surface area contributed by atoms with Crippen LogP contribution in [0.5, 0.6) is 0 Å². The van der Waals surface area contributed by atoms with Crippen molar-refractivity contribution in [3.8, 4) is 0 Å². The molecule has 1 amide bonds. The van der Waals surface area contributed by atoms with E-state index in [0.717, 1.165) is 4.90 Å². The molecule has 0 bridgehead atoms. The Morgan fingerprint density at radius 2 is 1.69 bits per heavy atom. The smallest absolute Gasteiger partial charge is 0.327 e. The van der Waals surface area contributed by atoms with E-state index in [0.29, 0.717) is 0 Å². The van der Waals surface area contributed by atoms with E-state index in [1.54, 1.807) is 0 Å². The van der Waals surface area contributed by atoms with Crippen LogP contribution in [0, 0.1) is 0 Å². The van der Waals surface area contributed by atoms with E-state index in [1.165, 1.54) is 14.0 Å². The highest BCUT2D eigenvalue weighted by Gasteiger charge is 2.29. The van der Waals surface area contributed by atoms with Gasteiger partial charge in [-0.3, -0.25) is 9.59 Å². The number of aliphatic hydroxyl groups excluding tert-OH is 1. The molecule has 0 aromatic heterocycles. The molecule has 0 heterocycles. The second-order valence-corrected chi connectivity index (χ2v) is 3.51. The molecule has 3 N–H and O–H groups in total. The van der Waals surface area contributed by atoms with Crippen LogP contribution in [0.3, 0.4) is 0 Å². The van der Waals surface area contributed by atoms with Crippen LogP contribution < -0.4 is 0 Å². The maximum absolute atomic E-state index is 11.4. The Balaban J connectivity index is 4.60. The molecular weight excluding hydrogens is 218 g/mol. The number of hydrogen-bond donors (Lipinski definition) is 3. The number of amides is 1. The molecule has 0 aliphatic rings. The zero-order chi connectivity index (χ0) is 12.9. The highest BCUT2D eigenvalue weighted by Crippen LogP contribution is 2.06. The fraction of sp³-hybridized carbons (Fsp3) is 0.667. The molecule has 0 fully saturated rings. The number of carbonyl (C=O) groups excluding carboxylic acids is 1. The monoisotopic (exact) mass is 233 g/mol. The Morgan fingerprint density at radius 3 is 2.00 bits per heavy atom. The first-order chi connectivity index (χ1) is 7.25. The van der Waals surface area contributed by atoms with Crippen LogP contribution in [0.15, 0.2) is 0 Å². The number of aliphatic hydroxyl groups is 1. The van der Waals surface area contributed by atoms with Gasteiger partial charge >= 0.3 is 11.9 Å². The average Bonchev–Trinajstić information content (AvgIpc) is 2.11. The van der Waals surface area contributed by atoms with Crippen molar-refractivity contribution in [2.24, 2.45) is 0 Å². The molecule has 2 atom stereocenters. The summed E-state index contributed by atoms with van der Waals surface area (Å²) in [4.78, 5) is 33.4. The van der Waals surface area contributed by atoms with Crippen molar-refractivity contribution < 1.29 is 29.7 Å². The standard InChI is InChI=1S/C9H15NO6/c1-5(11)3-7(12)10(2)6(9(15)16)4-8(13)14/h5-6,11H,3-4H2,1-2H3,(H,13,14)(H,15,16)/t5?,6-/m0/s1. The van der Waals surface area contributed by atoms with Crippen LogP contribution in [0.1, 0.15) is 19.8 Å². The second-order valence-electron chi connectivity index (χ2n) is 3.51. The van der Waals surface area contributed by atoms with Crippen LogP contribution in [0.2, 0.25) is 0 Å². The summed E-state index contributed by atoms with van der Waals surface area (Å²) in [6.45, 7) is 1.39. The number of nitrogens with zero attached hydrogens (tertiary/aromatic N) is 1. The summed E-state index contributed by atoms with van der Waals surface area (Å²) in [5.41, 5.74) is 0. The van der Waals surface area contributed by atoms with Gasteiger partial charge in [0, 0.05) is 7.05 Å². The highest BCUT2D eigenvalue weighted by atomic mass is 16.4. The molecule has 0 saturated heterocycles. The molecule has 0 spiro atoms. The molecule has 0 saturated carbocycles. The zero-order valence-electron chi connectivity index (χ0n) is 9.08. The third-order valence-corrected chi connectivity index (χ3v) is 1.98. The van der Waals surface area contributed by atoms with Gasteiger partial charge in [-0.15, -0.1) is 0 Å². The van der Waals surface area contributed by atoms with Crippen LogP contribution in [0.25, 0.3) is 0 Å². The Kier molecular flexibility index (Phi) is 5.44. The van der Waals surface area contributed by atoms with Crippen LogP contribution in [-0.4, -0.2) is 57.3 Å². The molecule has 7 heteroatoms. The fourth-order valence-electron chi connectivity index (χ4n) is 1.13. The van der Waals surface area contributed by atoms with E-state index in [9.17, 15) is 14.4 Å². The third kappa shape index (κ3) is 4.74. The highest BCUT2D eigenvalue weighted by molar-refractivity contribution is 5.86. The first-order valence-electron chi connectivity index (χ1n) is 4.64. The van der Waals surface area contributed by atoms with Gasteiger partial charge in [0.25, 0.3) is 0 Å². The Hall–Kier alpha value is -1.63. The minimum absolute atomic E-state index is 0.236. The van der Waals surface area contributed by atoms with E-state index in [1.807, 2.05) is 0 Å². The Morgan fingerprint density at radius 1 is 1.19 bits per heavy atom. The van der Waals surface area contributed by atoms with Crippen molar-refractivity contribution in [3.05, 3.63) is 0 Å². The largest absolute Gasteiger partial charge is 0.481 e. The zero-order valence-corrected chi connectivity index (χ0v) is 9.08. The number of carboxylic acid groups (broad SMARTS) is 2. The van der Waals surface area contributed by atoms with Gasteiger partial charge in [-0.2, -0.15) is 0 Å². The van der Waals surface area contributed by atoms with E-state index < -0.39 is 36.4 Å². The van der Waals surface area contributed by atoms with E-state index >= 15 is 0 Å². The summed E-state index contributed by atoms with van der Waals surface area (Å²) < 4.78 is 0. The summed E-state index contributed by atoms with van der Waals surface area (Å²) in [6.07, 6.45) is -1.80. The van der Waals surface area contributed by atoms with Crippen molar-refractivity contribution in [3.63, 3.8) is 0 Å². The number of carbonyl (C=O) groups is 3. The molecule has 92 valence electrons. The van der Waals surface area contributed by atoms with Crippen molar-refractivity contribution in [2.75, 3.05) is 7.05 Å². The first kappa shape index (κ1) is 14.4. The minimum atomic E-state index is -1.41. The molecular formula is C9H15NO6. The molecule has 0 aliphatic carbocycles. The predicted molar refractivity (Wildman–Crippen MR) is 52.7 cm³/mol. The van der Waals surface area contributed by atoms with Gasteiger partial charge in [0.1, 0.15) is 6.04 Å². The van der Waals surface area contributed by atoms with Gasteiger partial charge in [-0.1, -0.05) is 0 Å². The number of carboxylic acids is 2. The summed E-state index contributed by atoms with van der Waals surface area (Å²) in [5.74, 6) is -3.29. The van der Waals surface area contributed by atoms with Gasteiger partial charge in [-0.25, -0.2) is 4.79 Å². The molecule has 7 nitrogen and oxygen atoms in total. The first-order valence-corrected chi connectivity index (χ1v) is 4.64. The lowest BCUT2D eigenvalue weighted by molar-refractivity contribution is -0.154. The van der Waals surface area contributed by atoms with Crippen molar-refractivity contribution in [1.29, 1.82) is 0 Å². The molecule has 0 aliphatic heterocycles. The van der Waals surface area contributed by atoms with Crippen molar-refractivity contribution >= 4 is 17.8 Å². The van der Waals surface area contributed by atoms with Gasteiger partial charge in [-0.05, 0) is 6.92 Å². The molecule has 1 unspecified atom stereocenters. The molecule has 0 aromatic rings. The lowest BCUT2D eigenvalue weighted by Gasteiger charge is -2.24. The number of hydrogen-bond acceptors (Lipinski definition) is 4. The van der Waals surface area contributed by atoms with Crippen molar-refractivity contribution in [2.45, 2.75) is 31.9 Å². The Bertz CT molecular complexity index is 288. The molecule has 16 heavy (non-hydrogen) atoms. The predicted octanol–water partition coefficient (Wildman–Crippen LogP) is -0.856.